The van der Waals surface area contributed by atoms with Gasteiger partial charge in [-0.2, -0.15) is 0 Å². The number of methoxy groups -OCH3 is 1. The number of rotatable bonds is 5. The Balaban J connectivity index is 1.61. The second kappa shape index (κ2) is 7.18. The normalized spacial score (nSPS) is 17.8. The molecule has 1 aliphatic heterocycles. The van der Waals surface area contributed by atoms with Gasteiger partial charge in [-0.3, -0.25) is 9.52 Å². The number of aromatic nitrogens is 1. The van der Waals surface area contributed by atoms with E-state index in [1.807, 2.05) is 0 Å². The Hall–Kier alpha value is -2.70. The molecule has 1 fully saturated rings. The number of nitrogens with one attached hydrogen (secondary N) is 1. The average Bonchev–Trinajstić information content (AvgIpc) is 3.14. The number of nitrogens with zero attached hydrogens (tertiary/aromatic N) is 2. The van der Waals surface area contributed by atoms with Gasteiger partial charge in [0.1, 0.15) is 5.75 Å². The fourth-order valence-corrected chi connectivity index (χ4v) is 7.51. The first-order valence-electron chi connectivity index (χ1n) is 9.08. The first-order chi connectivity index (χ1) is 14.4. The van der Waals surface area contributed by atoms with Crippen molar-refractivity contribution in [2.75, 3.05) is 21.9 Å². The van der Waals surface area contributed by atoms with E-state index in [0.29, 0.717) is 11.3 Å². The molecule has 0 bridgehead atoms. The van der Waals surface area contributed by atoms with Gasteiger partial charge < -0.3 is 4.74 Å². The SMILES string of the molecule is COc1ccc2nc(NS(=O)(=O)c3ccc(N4C(=O)C(C)(C)CS4(=O)=O)cc3)sc2c1. The van der Waals surface area contributed by atoms with Crippen LogP contribution in [0.3, 0.4) is 0 Å². The zero-order chi connectivity index (χ0) is 22.6. The van der Waals surface area contributed by atoms with Crippen molar-refractivity contribution in [2.45, 2.75) is 18.7 Å². The van der Waals surface area contributed by atoms with Crippen molar-refractivity contribution in [3.63, 3.8) is 0 Å². The summed E-state index contributed by atoms with van der Waals surface area (Å²) in [6, 6.07) is 10.3. The lowest BCUT2D eigenvalue weighted by Crippen LogP contribution is -2.32. The molecule has 12 heteroatoms. The fourth-order valence-electron chi connectivity index (χ4n) is 3.27. The predicted molar refractivity (Wildman–Crippen MR) is 118 cm³/mol. The molecule has 0 saturated carbocycles. The van der Waals surface area contributed by atoms with E-state index in [4.69, 9.17) is 4.74 Å². The molecule has 9 nitrogen and oxygen atoms in total. The highest BCUT2D eigenvalue weighted by Gasteiger charge is 2.49. The van der Waals surface area contributed by atoms with Gasteiger partial charge in [0, 0.05) is 0 Å². The van der Waals surface area contributed by atoms with Crippen LogP contribution >= 0.6 is 11.3 Å². The number of fused-ring (bicyclic) bond motifs is 1. The van der Waals surface area contributed by atoms with E-state index in [0.717, 1.165) is 20.3 Å². The molecule has 31 heavy (non-hydrogen) atoms. The van der Waals surface area contributed by atoms with Crippen molar-refractivity contribution in [1.29, 1.82) is 0 Å². The Morgan fingerprint density at radius 1 is 1.16 bits per heavy atom. The third kappa shape index (κ3) is 3.86. The number of carbonyl (C=O) groups excluding carboxylic acids is 1. The second-order valence-electron chi connectivity index (χ2n) is 7.66. The summed E-state index contributed by atoms with van der Waals surface area (Å²) in [5, 5.41) is 0.186. The molecule has 1 N–H and O–H groups in total. The van der Waals surface area contributed by atoms with Crippen LogP contribution < -0.4 is 13.8 Å². The van der Waals surface area contributed by atoms with Gasteiger partial charge in [-0.1, -0.05) is 11.3 Å². The van der Waals surface area contributed by atoms with Crippen LogP contribution in [0.5, 0.6) is 5.75 Å². The second-order valence-corrected chi connectivity index (χ2v) is 12.2. The zero-order valence-electron chi connectivity index (χ0n) is 16.8. The maximum absolute atomic E-state index is 12.8. The lowest BCUT2D eigenvalue weighted by atomic mass is 9.95. The van der Waals surface area contributed by atoms with Crippen LogP contribution in [0, 0.1) is 5.41 Å². The molecule has 2 aromatic carbocycles. The molecule has 1 amide bonds. The van der Waals surface area contributed by atoms with E-state index < -0.39 is 31.4 Å². The van der Waals surface area contributed by atoms with Crippen LogP contribution in [0.1, 0.15) is 13.8 Å². The summed E-state index contributed by atoms with van der Waals surface area (Å²) in [7, 11) is -6.24. The molecule has 164 valence electrons. The first-order valence-corrected chi connectivity index (χ1v) is 13.0. The quantitative estimate of drug-likeness (QED) is 0.594. The molecule has 1 aromatic heterocycles. The lowest BCUT2D eigenvalue weighted by molar-refractivity contribution is -0.123. The number of amides is 1. The molecule has 2 heterocycles. The number of anilines is 2. The number of benzene rings is 2. The van der Waals surface area contributed by atoms with Gasteiger partial charge in [0.25, 0.3) is 10.0 Å². The number of hydrogen-bond donors (Lipinski definition) is 1. The van der Waals surface area contributed by atoms with E-state index in [-0.39, 0.29) is 21.5 Å². The predicted octanol–water partition coefficient (Wildman–Crippen LogP) is 2.81. The van der Waals surface area contributed by atoms with Crippen LogP contribution in [0.4, 0.5) is 10.8 Å². The molecule has 4 rings (SSSR count). The Labute approximate surface area is 183 Å². The lowest BCUT2D eigenvalue weighted by Gasteiger charge is -2.17. The number of ether oxygens (including phenoxy) is 1. The number of thiazole rings is 1. The monoisotopic (exact) mass is 481 g/mol. The minimum Gasteiger partial charge on any atom is -0.497 e. The van der Waals surface area contributed by atoms with Crippen molar-refractivity contribution in [2.24, 2.45) is 5.41 Å². The third-order valence-corrected chi connectivity index (χ3v) is 9.22. The van der Waals surface area contributed by atoms with Gasteiger partial charge in [0.2, 0.25) is 15.9 Å². The molecule has 1 saturated heterocycles. The van der Waals surface area contributed by atoms with Crippen LogP contribution in [0.15, 0.2) is 47.4 Å². The molecule has 0 spiro atoms. The minimum absolute atomic E-state index is 0.0867. The van der Waals surface area contributed by atoms with Gasteiger partial charge >= 0.3 is 0 Å². The smallest absolute Gasteiger partial charge is 0.263 e. The molecular weight excluding hydrogens is 462 g/mol. The van der Waals surface area contributed by atoms with Gasteiger partial charge in [-0.15, -0.1) is 0 Å². The maximum Gasteiger partial charge on any atom is 0.263 e. The zero-order valence-corrected chi connectivity index (χ0v) is 19.3. The van der Waals surface area contributed by atoms with E-state index in [1.54, 1.807) is 32.0 Å². The summed E-state index contributed by atoms with van der Waals surface area (Å²) in [4.78, 5) is 16.7. The number of sulfonamides is 2. The number of carbonyl (C=O) groups is 1. The average molecular weight is 482 g/mol. The molecule has 0 unspecified atom stereocenters. The van der Waals surface area contributed by atoms with E-state index in [2.05, 4.69) is 9.71 Å². The topological polar surface area (TPSA) is 123 Å². The van der Waals surface area contributed by atoms with Crippen molar-refractivity contribution in [3.8, 4) is 5.75 Å². The first kappa shape index (κ1) is 21.5. The Morgan fingerprint density at radius 2 is 1.84 bits per heavy atom. The highest BCUT2D eigenvalue weighted by Crippen LogP contribution is 2.36. The summed E-state index contributed by atoms with van der Waals surface area (Å²) >= 11 is 1.16. The van der Waals surface area contributed by atoms with E-state index in [9.17, 15) is 21.6 Å². The Kier molecular flexibility index (Phi) is 4.98. The van der Waals surface area contributed by atoms with Gasteiger partial charge in [-0.05, 0) is 56.3 Å². The molecule has 3 aromatic rings. The summed E-state index contributed by atoms with van der Waals surface area (Å²) in [6.07, 6.45) is 0. The highest BCUT2D eigenvalue weighted by molar-refractivity contribution is 7.94. The summed E-state index contributed by atoms with van der Waals surface area (Å²) in [5.41, 5.74) is -0.318. The van der Waals surface area contributed by atoms with Gasteiger partial charge in [0.15, 0.2) is 5.13 Å². The standard InChI is InChI=1S/C19H19N3O6S3/c1-19(2)11-30(24,25)22(17(19)23)12-4-7-14(8-5-12)31(26,27)21-18-20-15-9-6-13(28-3)10-16(15)29-18/h4-10H,11H2,1-3H3,(H,20,21). The van der Waals surface area contributed by atoms with Crippen molar-refractivity contribution in [1.82, 2.24) is 4.98 Å². The van der Waals surface area contributed by atoms with Crippen molar-refractivity contribution in [3.05, 3.63) is 42.5 Å². The summed E-state index contributed by atoms with van der Waals surface area (Å²) < 4.78 is 59.4. The number of hydrogen-bond acceptors (Lipinski definition) is 8. The van der Waals surface area contributed by atoms with Crippen LogP contribution in [-0.2, 0) is 24.8 Å². The van der Waals surface area contributed by atoms with Crippen LogP contribution in [0.25, 0.3) is 10.2 Å². The molecule has 0 aliphatic carbocycles. The van der Waals surface area contributed by atoms with Crippen molar-refractivity contribution < 1.29 is 26.4 Å². The van der Waals surface area contributed by atoms with E-state index in [1.165, 1.54) is 31.4 Å². The van der Waals surface area contributed by atoms with Gasteiger partial charge in [0.05, 0.1) is 39.1 Å². The van der Waals surface area contributed by atoms with E-state index >= 15 is 0 Å². The molecule has 0 radical (unpaired) electrons. The summed E-state index contributed by atoms with van der Waals surface area (Å²) in [6.45, 7) is 3.12. The highest BCUT2D eigenvalue weighted by atomic mass is 32.2. The fraction of sp³-hybridized carbons (Fsp3) is 0.263. The van der Waals surface area contributed by atoms with Gasteiger partial charge in [-0.25, -0.2) is 26.1 Å². The maximum atomic E-state index is 12.8. The molecule has 1 aliphatic rings. The summed E-state index contributed by atoms with van der Waals surface area (Å²) in [5.74, 6) is -0.218. The van der Waals surface area contributed by atoms with Crippen LogP contribution in [-0.4, -0.2) is 40.6 Å². The molecule has 0 atom stereocenters. The third-order valence-electron chi connectivity index (χ3n) is 4.78. The van der Waals surface area contributed by atoms with Crippen molar-refractivity contribution >= 4 is 58.3 Å². The minimum atomic E-state index is -3.97. The molecular formula is C19H19N3O6S3. The Bertz CT molecular complexity index is 1390. The van der Waals surface area contributed by atoms with Crippen LogP contribution in [0.2, 0.25) is 0 Å². The largest absolute Gasteiger partial charge is 0.497 e. The Morgan fingerprint density at radius 3 is 2.42 bits per heavy atom.